The van der Waals surface area contributed by atoms with Gasteiger partial charge in [0.15, 0.2) is 0 Å². The Hall–Kier alpha value is -1.38. The van der Waals surface area contributed by atoms with E-state index in [9.17, 15) is 4.79 Å². The summed E-state index contributed by atoms with van der Waals surface area (Å²) in [5.41, 5.74) is 1.70. The molecule has 1 N–H and O–H groups in total. The number of pyridine rings is 1. The number of nitrogens with one attached hydrogen (secondary N) is 1. The second-order valence-electron chi connectivity index (χ2n) is 5.43. The van der Waals surface area contributed by atoms with Crippen LogP contribution in [0.2, 0.25) is 0 Å². The minimum absolute atomic E-state index is 0.00420. The number of carbonyl (C=O) groups excluding carboxylic acids is 1. The highest BCUT2D eigenvalue weighted by Crippen LogP contribution is 2.21. The Labute approximate surface area is 96.3 Å². The minimum atomic E-state index is -0.00420. The highest BCUT2D eigenvalue weighted by atomic mass is 16.1. The summed E-state index contributed by atoms with van der Waals surface area (Å²) in [6.45, 7) is 6.33. The predicted molar refractivity (Wildman–Crippen MR) is 63.4 cm³/mol. The van der Waals surface area contributed by atoms with Crippen molar-refractivity contribution in [2.75, 3.05) is 0 Å². The molecule has 86 valence electrons. The van der Waals surface area contributed by atoms with E-state index in [1.165, 1.54) is 0 Å². The molecule has 1 aromatic rings. The van der Waals surface area contributed by atoms with Crippen LogP contribution < -0.4 is 5.32 Å². The SMILES string of the molecule is CC(C)(C)c1ccc(C(=O)NC2CC2)cn1. The van der Waals surface area contributed by atoms with E-state index in [4.69, 9.17) is 0 Å². The third-order valence-corrected chi connectivity index (χ3v) is 2.71. The molecular weight excluding hydrogens is 200 g/mol. The molecule has 1 aliphatic rings. The van der Waals surface area contributed by atoms with E-state index in [0.717, 1.165) is 18.5 Å². The lowest BCUT2D eigenvalue weighted by molar-refractivity contribution is 0.0950. The second-order valence-corrected chi connectivity index (χ2v) is 5.43. The van der Waals surface area contributed by atoms with Crippen LogP contribution in [0.15, 0.2) is 18.3 Å². The van der Waals surface area contributed by atoms with Crippen LogP contribution in [0.5, 0.6) is 0 Å². The van der Waals surface area contributed by atoms with Crippen LogP contribution >= 0.6 is 0 Å². The van der Waals surface area contributed by atoms with Crippen LogP contribution in [0, 0.1) is 0 Å². The molecule has 0 aromatic carbocycles. The van der Waals surface area contributed by atoms with Crippen molar-refractivity contribution in [1.82, 2.24) is 10.3 Å². The fourth-order valence-electron chi connectivity index (χ4n) is 1.47. The van der Waals surface area contributed by atoms with Crippen molar-refractivity contribution in [3.63, 3.8) is 0 Å². The average molecular weight is 218 g/mol. The summed E-state index contributed by atoms with van der Waals surface area (Å²) in [7, 11) is 0. The summed E-state index contributed by atoms with van der Waals surface area (Å²) < 4.78 is 0. The van der Waals surface area contributed by atoms with E-state index in [2.05, 4.69) is 31.1 Å². The molecule has 1 heterocycles. The van der Waals surface area contributed by atoms with E-state index in [1.807, 2.05) is 12.1 Å². The van der Waals surface area contributed by atoms with Gasteiger partial charge in [-0.15, -0.1) is 0 Å². The number of rotatable bonds is 2. The molecule has 0 radical (unpaired) electrons. The van der Waals surface area contributed by atoms with Gasteiger partial charge in [0.1, 0.15) is 0 Å². The molecule has 1 aliphatic carbocycles. The molecule has 0 atom stereocenters. The van der Waals surface area contributed by atoms with Gasteiger partial charge in [-0.25, -0.2) is 0 Å². The number of nitrogens with zero attached hydrogens (tertiary/aromatic N) is 1. The Morgan fingerprint density at radius 3 is 2.50 bits per heavy atom. The van der Waals surface area contributed by atoms with Crippen molar-refractivity contribution in [3.8, 4) is 0 Å². The van der Waals surface area contributed by atoms with Crippen molar-refractivity contribution >= 4 is 5.91 Å². The molecule has 3 nitrogen and oxygen atoms in total. The first-order valence-electron chi connectivity index (χ1n) is 5.74. The normalized spacial score (nSPS) is 15.9. The topological polar surface area (TPSA) is 42.0 Å². The smallest absolute Gasteiger partial charge is 0.253 e. The third kappa shape index (κ3) is 2.60. The lowest BCUT2D eigenvalue weighted by Gasteiger charge is -2.17. The fraction of sp³-hybridized carbons (Fsp3) is 0.538. The second kappa shape index (κ2) is 3.89. The predicted octanol–water partition coefficient (Wildman–Crippen LogP) is 2.27. The molecular formula is C13H18N2O. The van der Waals surface area contributed by atoms with Gasteiger partial charge in [-0.3, -0.25) is 9.78 Å². The maximum absolute atomic E-state index is 11.7. The van der Waals surface area contributed by atoms with E-state index in [1.54, 1.807) is 6.20 Å². The van der Waals surface area contributed by atoms with Crippen LogP contribution in [-0.4, -0.2) is 16.9 Å². The summed E-state index contributed by atoms with van der Waals surface area (Å²) in [6.07, 6.45) is 3.89. The lowest BCUT2D eigenvalue weighted by Crippen LogP contribution is -2.25. The largest absolute Gasteiger partial charge is 0.349 e. The van der Waals surface area contributed by atoms with Gasteiger partial charge in [-0.1, -0.05) is 20.8 Å². The standard InChI is InChI=1S/C13H18N2O/c1-13(2,3)11-7-4-9(8-14-11)12(16)15-10-5-6-10/h4,7-8,10H,5-6H2,1-3H3,(H,15,16). The van der Waals surface area contributed by atoms with Crippen LogP contribution in [0.4, 0.5) is 0 Å². The molecule has 0 unspecified atom stereocenters. The summed E-state index contributed by atoms with van der Waals surface area (Å²) in [4.78, 5) is 16.0. The number of hydrogen-bond donors (Lipinski definition) is 1. The van der Waals surface area contributed by atoms with Crippen molar-refractivity contribution in [3.05, 3.63) is 29.6 Å². The first kappa shape index (κ1) is 11.1. The maximum atomic E-state index is 11.7. The Morgan fingerprint density at radius 1 is 1.38 bits per heavy atom. The Morgan fingerprint density at radius 2 is 2.06 bits per heavy atom. The molecule has 0 spiro atoms. The zero-order chi connectivity index (χ0) is 11.8. The molecule has 1 saturated carbocycles. The van der Waals surface area contributed by atoms with E-state index in [-0.39, 0.29) is 11.3 Å². The van der Waals surface area contributed by atoms with Gasteiger partial charge in [0.05, 0.1) is 5.56 Å². The van der Waals surface area contributed by atoms with Crippen molar-refractivity contribution in [1.29, 1.82) is 0 Å². The van der Waals surface area contributed by atoms with E-state index in [0.29, 0.717) is 11.6 Å². The molecule has 1 aromatic heterocycles. The molecule has 2 rings (SSSR count). The zero-order valence-electron chi connectivity index (χ0n) is 10.1. The van der Waals surface area contributed by atoms with Crippen molar-refractivity contribution in [2.45, 2.75) is 45.1 Å². The summed E-state index contributed by atoms with van der Waals surface area (Å²) in [5, 5.41) is 2.95. The number of hydrogen-bond acceptors (Lipinski definition) is 2. The molecule has 1 fully saturated rings. The highest BCUT2D eigenvalue weighted by molar-refractivity contribution is 5.94. The summed E-state index contributed by atoms with van der Waals surface area (Å²) >= 11 is 0. The highest BCUT2D eigenvalue weighted by Gasteiger charge is 2.24. The summed E-state index contributed by atoms with van der Waals surface area (Å²) in [6, 6.07) is 4.18. The third-order valence-electron chi connectivity index (χ3n) is 2.71. The Bertz CT molecular complexity index is 385. The van der Waals surface area contributed by atoms with Gasteiger partial charge in [-0.2, -0.15) is 0 Å². The van der Waals surface area contributed by atoms with Crippen molar-refractivity contribution < 1.29 is 4.79 Å². The van der Waals surface area contributed by atoms with Crippen molar-refractivity contribution in [2.24, 2.45) is 0 Å². The Balaban J connectivity index is 2.09. The summed E-state index contributed by atoms with van der Waals surface area (Å²) in [5.74, 6) is -0.00420. The Kier molecular flexibility index (Phi) is 2.70. The van der Waals surface area contributed by atoms with Crippen LogP contribution in [0.25, 0.3) is 0 Å². The zero-order valence-corrected chi connectivity index (χ0v) is 10.1. The fourth-order valence-corrected chi connectivity index (χ4v) is 1.47. The van der Waals surface area contributed by atoms with Gasteiger partial charge in [0.2, 0.25) is 0 Å². The molecule has 0 saturated heterocycles. The average Bonchev–Trinajstić information content (AvgIpc) is 3.00. The van der Waals surface area contributed by atoms with Crippen LogP contribution in [0.3, 0.4) is 0 Å². The van der Waals surface area contributed by atoms with Gasteiger partial charge in [-0.05, 0) is 25.0 Å². The molecule has 1 amide bonds. The molecule has 16 heavy (non-hydrogen) atoms. The van der Waals surface area contributed by atoms with E-state index < -0.39 is 0 Å². The van der Waals surface area contributed by atoms with Crippen LogP contribution in [0.1, 0.15) is 49.7 Å². The number of aromatic nitrogens is 1. The van der Waals surface area contributed by atoms with Gasteiger partial charge in [0, 0.05) is 23.3 Å². The van der Waals surface area contributed by atoms with E-state index >= 15 is 0 Å². The monoisotopic (exact) mass is 218 g/mol. The van der Waals surface area contributed by atoms with Gasteiger partial charge in [0.25, 0.3) is 5.91 Å². The first-order chi connectivity index (χ1) is 7.47. The van der Waals surface area contributed by atoms with Gasteiger partial charge >= 0.3 is 0 Å². The number of amides is 1. The first-order valence-corrected chi connectivity index (χ1v) is 5.74. The molecule has 0 aliphatic heterocycles. The molecule has 0 bridgehead atoms. The lowest BCUT2D eigenvalue weighted by atomic mass is 9.91. The maximum Gasteiger partial charge on any atom is 0.253 e. The number of carbonyl (C=O) groups is 1. The van der Waals surface area contributed by atoms with Gasteiger partial charge < -0.3 is 5.32 Å². The quantitative estimate of drug-likeness (QED) is 0.827. The molecule has 3 heteroatoms. The minimum Gasteiger partial charge on any atom is -0.349 e. The van der Waals surface area contributed by atoms with Crippen LogP contribution in [-0.2, 0) is 5.41 Å².